The molecule has 0 aromatic heterocycles. The van der Waals surface area contributed by atoms with Crippen molar-refractivity contribution in [2.24, 2.45) is 5.92 Å². The summed E-state index contributed by atoms with van der Waals surface area (Å²) in [4.78, 5) is 25.0. The number of halogens is 1. The zero-order valence-corrected chi connectivity index (χ0v) is 13.5. The number of benzene rings is 1. The molecule has 120 valence electrons. The third-order valence-corrected chi connectivity index (χ3v) is 4.21. The van der Waals surface area contributed by atoms with Gasteiger partial charge < -0.3 is 14.7 Å². The van der Waals surface area contributed by atoms with Crippen LogP contribution in [-0.4, -0.2) is 41.1 Å². The van der Waals surface area contributed by atoms with Crippen LogP contribution < -0.4 is 4.74 Å². The van der Waals surface area contributed by atoms with E-state index in [4.69, 9.17) is 21.4 Å². The summed E-state index contributed by atoms with van der Waals surface area (Å²) in [6.45, 7) is 4.51. The number of rotatable bonds is 4. The van der Waals surface area contributed by atoms with Gasteiger partial charge in [-0.25, -0.2) is 0 Å². The van der Waals surface area contributed by atoms with Crippen LogP contribution in [-0.2, 0) is 9.59 Å². The number of carboxylic acids is 1. The van der Waals surface area contributed by atoms with Crippen molar-refractivity contribution >= 4 is 23.5 Å². The molecule has 2 rings (SSSR count). The van der Waals surface area contributed by atoms with Gasteiger partial charge in [-0.15, -0.1) is 0 Å². The van der Waals surface area contributed by atoms with Crippen molar-refractivity contribution in [1.82, 2.24) is 4.90 Å². The molecule has 1 saturated heterocycles. The summed E-state index contributed by atoms with van der Waals surface area (Å²) in [7, 11) is 0. The van der Waals surface area contributed by atoms with Gasteiger partial charge in [0.15, 0.2) is 6.10 Å². The highest BCUT2D eigenvalue weighted by molar-refractivity contribution is 6.32. The fourth-order valence-electron chi connectivity index (χ4n) is 2.55. The average Bonchev–Trinajstić information content (AvgIpc) is 2.50. The molecule has 1 N–H and O–H groups in total. The smallest absolute Gasteiger partial charge is 0.306 e. The zero-order chi connectivity index (χ0) is 16.3. The fraction of sp³-hybridized carbons (Fsp3) is 0.500. The van der Waals surface area contributed by atoms with E-state index in [1.807, 2.05) is 13.0 Å². The molecule has 1 unspecified atom stereocenters. The summed E-state index contributed by atoms with van der Waals surface area (Å²) in [6, 6.07) is 5.41. The fourth-order valence-corrected chi connectivity index (χ4v) is 2.71. The maximum atomic E-state index is 12.4. The number of carbonyl (C=O) groups is 2. The normalized spacial score (nSPS) is 17.1. The molecular weight excluding hydrogens is 306 g/mol. The second-order valence-corrected chi connectivity index (χ2v) is 6.04. The topological polar surface area (TPSA) is 66.8 Å². The lowest BCUT2D eigenvalue weighted by Gasteiger charge is -2.32. The molecule has 1 heterocycles. The number of carbonyl (C=O) groups excluding carboxylic acids is 1. The molecule has 0 aliphatic carbocycles. The van der Waals surface area contributed by atoms with Gasteiger partial charge in [0.1, 0.15) is 5.75 Å². The quantitative estimate of drug-likeness (QED) is 0.924. The molecular formula is C16H20ClNO4. The Morgan fingerprint density at radius 2 is 2.00 bits per heavy atom. The maximum Gasteiger partial charge on any atom is 0.306 e. The summed E-state index contributed by atoms with van der Waals surface area (Å²) in [5.41, 5.74) is 1.00. The first-order valence-electron chi connectivity index (χ1n) is 7.33. The molecule has 0 bridgehead atoms. The van der Waals surface area contributed by atoms with Crippen LogP contribution in [0.1, 0.15) is 25.3 Å². The molecule has 1 amide bonds. The molecule has 1 atom stereocenters. The Labute approximate surface area is 134 Å². The number of carboxylic acid groups (broad SMARTS) is 1. The molecule has 1 aromatic carbocycles. The van der Waals surface area contributed by atoms with Crippen LogP contribution in [0.3, 0.4) is 0 Å². The Balaban J connectivity index is 1.95. The molecule has 0 saturated carbocycles. The number of amides is 1. The molecule has 0 radical (unpaired) electrons. The Kier molecular flexibility index (Phi) is 5.29. The highest BCUT2D eigenvalue weighted by atomic mass is 35.5. The number of likely N-dealkylation sites (tertiary alicyclic amines) is 1. The number of piperidine rings is 1. The van der Waals surface area contributed by atoms with Gasteiger partial charge in [0.05, 0.1) is 10.9 Å². The van der Waals surface area contributed by atoms with E-state index in [9.17, 15) is 9.59 Å². The Bertz CT molecular complexity index is 567. The van der Waals surface area contributed by atoms with Crippen LogP contribution in [0.25, 0.3) is 0 Å². The van der Waals surface area contributed by atoms with Crippen LogP contribution in [0, 0.1) is 12.8 Å². The van der Waals surface area contributed by atoms with Crippen molar-refractivity contribution in [1.29, 1.82) is 0 Å². The lowest BCUT2D eigenvalue weighted by Crippen LogP contribution is -2.45. The van der Waals surface area contributed by atoms with E-state index >= 15 is 0 Å². The van der Waals surface area contributed by atoms with Crippen molar-refractivity contribution in [3.8, 4) is 5.75 Å². The number of hydrogen-bond acceptors (Lipinski definition) is 3. The standard InChI is InChI=1S/C16H20ClNO4/c1-10-3-4-13(17)14(9-10)22-11(2)15(19)18-7-5-12(6-8-18)16(20)21/h3-4,9,11-12H,5-8H2,1-2H3,(H,20,21). The maximum absolute atomic E-state index is 12.4. The van der Waals surface area contributed by atoms with Crippen molar-refractivity contribution < 1.29 is 19.4 Å². The lowest BCUT2D eigenvalue weighted by atomic mass is 9.97. The van der Waals surface area contributed by atoms with Crippen LogP contribution in [0.4, 0.5) is 0 Å². The summed E-state index contributed by atoms with van der Waals surface area (Å²) in [5.74, 6) is -0.793. The zero-order valence-electron chi connectivity index (χ0n) is 12.7. The van der Waals surface area contributed by atoms with E-state index in [1.165, 1.54) is 0 Å². The first kappa shape index (κ1) is 16.6. The minimum Gasteiger partial charge on any atom is -0.481 e. The predicted molar refractivity (Wildman–Crippen MR) is 83.2 cm³/mol. The number of nitrogens with zero attached hydrogens (tertiary/aromatic N) is 1. The molecule has 1 aliphatic heterocycles. The Hall–Kier alpha value is -1.75. The molecule has 0 spiro atoms. The number of ether oxygens (including phenoxy) is 1. The van der Waals surface area contributed by atoms with Gasteiger partial charge >= 0.3 is 5.97 Å². The van der Waals surface area contributed by atoms with Crippen LogP contribution in [0.5, 0.6) is 5.75 Å². The monoisotopic (exact) mass is 325 g/mol. The number of aryl methyl sites for hydroxylation is 1. The number of hydrogen-bond donors (Lipinski definition) is 1. The van der Waals surface area contributed by atoms with Crippen LogP contribution in [0.2, 0.25) is 5.02 Å². The van der Waals surface area contributed by atoms with E-state index in [-0.39, 0.29) is 11.8 Å². The third kappa shape index (κ3) is 3.91. The highest BCUT2D eigenvalue weighted by Gasteiger charge is 2.30. The van der Waals surface area contributed by atoms with Gasteiger partial charge in [-0.3, -0.25) is 9.59 Å². The van der Waals surface area contributed by atoms with Crippen molar-refractivity contribution in [3.63, 3.8) is 0 Å². The largest absolute Gasteiger partial charge is 0.481 e. The van der Waals surface area contributed by atoms with Gasteiger partial charge in [-0.2, -0.15) is 0 Å². The SMILES string of the molecule is Cc1ccc(Cl)c(OC(C)C(=O)N2CCC(C(=O)O)CC2)c1. The third-order valence-electron chi connectivity index (χ3n) is 3.89. The van der Waals surface area contributed by atoms with E-state index in [1.54, 1.807) is 24.0 Å². The van der Waals surface area contributed by atoms with Crippen LogP contribution in [0.15, 0.2) is 18.2 Å². The van der Waals surface area contributed by atoms with Crippen LogP contribution >= 0.6 is 11.6 Å². The second-order valence-electron chi connectivity index (χ2n) is 5.63. The molecule has 1 fully saturated rings. The first-order chi connectivity index (χ1) is 10.4. The summed E-state index contributed by atoms with van der Waals surface area (Å²) < 4.78 is 5.68. The van der Waals surface area contributed by atoms with E-state index in [2.05, 4.69) is 0 Å². The summed E-state index contributed by atoms with van der Waals surface area (Å²) >= 11 is 6.07. The van der Waals surface area contributed by atoms with Gasteiger partial charge in [-0.1, -0.05) is 17.7 Å². The van der Waals surface area contributed by atoms with Crippen molar-refractivity contribution in [2.45, 2.75) is 32.8 Å². The molecule has 1 aliphatic rings. The average molecular weight is 326 g/mol. The van der Waals surface area contributed by atoms with Gasteiger partial charge in [0, 0.05) is 13.1 Å². The summed E-state index contributed by atoms with van der Waals surface area (Å²) in [6.07, 6.45) is 0.318. The van der Waals surface area contributed by atoms with Crippen molar-refractivity contribution in [2.75, 3.05) is 13.1 Å². The molecule has 6 heteroatoms. The van der Waals surface area contributed by atoms with Crippen molar-refractivity contribution in [3.05, 3.63) is 28.8 Å². The van der Waals surface area contributed by atoms with Gasteiger partial charge in [-0.05, 0) is 44.4 Å². The molecule has 5 nitrogen and oxygen atoms in total. The van der Waals surface area contributed by atoms with E-state index in [0.29, 0.717) is 36.7 Å². The minimum absolute atomic E-state index is 0.138. The molecule has 22 heavy (non-hydrogen) atoms. The van der Waals surface area contributed by atoms with Gasteiger partial charge in [0.25, 0.3) is 5.91 Å². The summed E-state index contributed by atoms with van der Waals surface area (Å²) in [5, 5.41) is 9.45. The Morgan fingerprint density at radius 3 is 2.59 bits per heavy atom. The van der Waals surface area contributed by atoms with E-state index in [0.717, 1.165) is 5.56 Å². The van der Waals surface area contributed by atoms with Gasteiger partial charge in [0.2, 0.25) is 0 Å². The first-order valence-corrected chi connectivity index (χ1v) is 7.70. The minimum atomic E-state index is -0.789. The Morgan fingerprint density at radius 1 is 1.36 bits per heavy atom. The highest BCUT2D eigenvalue weighted by Crippen LogP contribution is 2.27. The number of aliphatic carboxylic acids is 1. The second kappa shape index (κ2) is 7.01. The molecule has 1 aromatic rings. The lowest BCUT2D eigenvalue weighted by molar-refractivity contribution is -0.147. The van der Waals surface area contributed by atoms with E-state index < -0.39 is 12.1 Å². The predicted octanol–water partition coefficient (Wildman–Crippen LogP) is 2.74.